The van der Waals surface area contributed by atoms with Crippen molar-refractivity contribution in [1.82, 2.24) is 14.3 Å². The summed E-state index contributed by atoms with van der Waals surface area (Å²) in [7, 11) is 0.239. The number of nitrogens with one attached hydrogen (secondary N) is 2. The standard InChI is InChI=1S/C17H20ClN5O2S2/c1-22(2)6-5-11-10-19-14-4-3-12(9-13(11)14)21-27(24,25)16-15(18)20-17-23(16)7-8-26-17/h3-4,7-9,11,19,21H,5-6,10H2,1-2H3. The van der Waals surface area contributed by atoms with Gasteiger partial charge in [-0.15, -0.1) is 11.3 Å². The van der Waals surface area contributed by atoms with E-state index in [1.807, 2.05) is 26.2 Å². The Morgan fingerprint density at radius 3 is 3.04 bits per heavy atom. The van der Waals surface area contributed by atoms with Crippen LogP contribution >= 0.6 is 22.9 Å². The zero-order valence-electron chi connectivity index (χ0n) is 14.9. The summed E-state index contributed by atoms with van der Waals surface area (Å²) >= 11 is 7.42. The zero-order chi connectivity index (χ0) is 19.2. The largest absolute Gasteiger partial charge is 0.384 e. The number of hydrogen-bond donors (Lipinski definition) is 2. The first kappa shape index (κ1) is 18.5. The van der Waals surface area contributed by atoms with Crippen LogP contribution in [-0.4, -0.2) is 49.9 Å². The average molecular weight is 426 g/mol. The van der Waals surface area contributed by atoms with Gasteiger partial charge in [0.2, 0.25) is 0 Å². The summed E-state index contributed by atoms with van der Waals surface area (Å²) in [6, 6.07) is 5.59. The van der Waals surface area contributed by atoms with E-state index in [0.717, 1.165) is 30.8 Å². The van der Waals surface area contributed by atoms with Crippen LogP contribution in [0.1, 0.15) is 17.9 Å². The first-order chi connectivity index (χ1) is 12.8. The summed E-state index contributed by atoms with van der Waals surface area (Å²) in [5.41, 5.74) is 2.72. The van der Waals surface area contributed by atoms with Crippen molar-refractivity contribution >= 4 is 49.3 Å². The van der Waals surface area contributed by atoms with Gasteiger partial charge in [0.25, 0.3) is 10.0 Å². The molecule has 2 aromatic heterocycles. The summed E-state index contributed by atoms with van der Waals surface area (Å²) < 4.78 is 30.0. The fourth-order valence-corrected chi connectivity index (χ4v) is 5.83. The third-order valence-electron chi connectivity index (χ3n) is 4.64. The molecule has 0 saturated heterocycles. The number of nitrogens with zero attached hydrogens (tertiary/aromatic N) is 3. The summed E-state index contributed by atoms with van der Waals surface area (Å²) in [4.78, 5) is 6.80. The van der Waals surface area contributed by atoms with Crippen LogP contribution in [0.5, 0.6) is 0 Å². The fraction of sp³-hybridized carbons (Fsp3) is 0.353. The maximum atomic E-state index is 12.9. The summed E-state index contributed by atoms with van der Waals surface area (Å²) in [6.07, 6.45) is 2.66. The van der Waals surface area contributed by atoms with Crippen molar-refractivity contribution in [2.75, 3.05) is 37.2 Å². The SMILES string of the molecule is CN(C)CCC1CNc2ccc(NS(=O)(=O)c3c(Cl)nc4sccn34)cc21. The molecule has 1 aromatic carbocycles. The van der Waals surface area contributed by atoms with Crippen LogP contribution < -0.4 is 10.0 Å². The molecule has 1 aliphatic rings. The summed E-state index contributed by atoms with van der Waals surface area (Å²) in [6.45, 7) is 1.84. The third kappa shape index (κ3) is 3.52. The molecule has 0 saturated carbocycles. The van der Waals surface area contributed by atoms with Gasteiger partial charge in [-0.2, -0.15) is 8.42 Å². The lowest BCUT2D eigenvalue weighted by molar-refractivity contribution is 0.386. The number of sulfonamides is 1. The predicted molar refractivity (Wildman–Crippen MR) is 110 cm³/mol. The highest BCUT2D eigenvalue weighted by Gasteiger charge is 2.27. The first-order valence-corrected chi connectivity index (χ1v) is 11.3. The second-order valence-electron chi connectivity index (χ2n) is 6.84. The Labute approximate surface area is 167 Å². The molecule has 3 aromatic rings. The fourth-order valence-electron chi connectivity index (χ4n) is 3.32. The van der Waals surface area contributed by atoms with Crippen LogP contribution in [0.2, 0.25) is 5.15 Å². The van der Waals surface area contributed by atoms with Gasteiger partial charge in [-0.05, 0) is 50.8 Å². The van der Waals surface area contributed by atoms with Gasteiger partial charge in [0.15, 0.2) is 15.1 Å². The van der Waals surface area contributed by atoms with Gasteiger partial charge >= 0.3 is 0 Å². The third-order valence-corrected chi connectivity index (χ3v) is 7.18. The number of imidazole rings is 1. The maximum absolute atomic E-state index is 12.9. The van der Waals surface area contributed by atoms with Gasteiger partial charge in [0.05, 0.1) is 0 Å². The van der Waals surface area contributed by atoms with Gasteiger partial charge in [-0.25, -0.2) is 4.98 Å². The minimum atomic E-state index is -3.86. The first-order valence-electron chi connectivity index (χ1n) is 8.51. The Hall–Kier alpha value is -1.81. The molecule has 10 heteroatoms. The topological polar surface area (TPSA) is 78.7 Å². The van der Waals surface area contributed by atoms with E-state index in [1.54, 1.807) is 17.6 Å². The lowest BCUT2D eigenvalue weighted by Gasteiger charge is -2.15. The minimum Gasteiger partial charge on any atom is -0.384 e. The van der Waals surface area contributed by atoms with Crippen molar-refractivity contribution < 1.29 is 8.42 Å². The van der Waals surface area contributed by atoms with Gasteiger partial charge in [0, 0.05) is 35.4 Å². The molecule has 1 aliphatic heterocycles. The monoisotopic (exact) mass is 425 g/mol. The normalized spacial score (nSPS) is 16.7. The Balaban J connectivity index is 1.62. The molecule has 4 rings (SSSR count). The lowest BCUT2D eigenvalue weighted by atomic mass is 9.97. The molecule has 144 valence electrons. The minimum absolute atomic E-state index is 0.0268. The molecule has 0 amide bonds. The van der Waals surface area contributed by atoms with E-state index in [9.17, 15) is 8.42 Å². The van der Waals surface area contributed by atoms with Crippen LogP contribution in [0.25, 0.3) is 4.96 Å². The highest BCUT2D eigenvalue weighted by atomic mass is 35.5. The van der Waals surface area contributed by atoms with Crippen LogP contribution in [0, 0.1) is 0 Å². The van der Waals surface area contributed by atoms with Crippen LogP contribution in [-0.2, 0) is 10.0 Å². The van der Waals surface area contributed by atoms with Crippen molar-refractivity contribution in [3.8, 4) is 0 Å². The molecule has 1 atom stereocenters. The second-order valence-corrected chi connectivity index (χ2v) is 9.67. The number of rotatable bonds is 6. The molecule has 27 heavy (non-hydrogen) atoms. The van der Waals surface area contributed by atoms with E-state index in [0.29, 0.717) is 16.6 Å². The molecule has 2 N–H and O–H groups in total. The van der Waals surface area contributed by atoms with Gasteiger partial charge in [-0.3, -0.25) is 9.12 Å². The van der Waals surface area contributed by atoms with Crippen molar-refractivity contribution in [1.29, 1.82) is 0 Å². The Morgan fingerprint density at radius 2 is 2.26 bits per heavy atom. The van der Waals surface area contributed by atoms with Crippen LogP contribution in [0.15, 0.2) is 34.8 Å². The average Bonchev–Trinajstić information content (AvgIpc) is 3.26. The number of hydrogen-bond acceptors (Lipinski definition) is 6. The van der Waals surface area contributed by atoms with Crippen LogP contribution in [0.3, 0.4) is 0 Å². The zero-order valence-corrected chi connectivity index (χ0v) is 17.3. The number of aromatic nitrogens is 2. The lowest BCUT2D eigenvalue weighted by Crippen LogP contribution is -2.17. The van der Waals surface area contributed by atoms with Crippen molar-refractivity contribution in [2.24, 2.45) is 0 Å². The molecule has 0 bridgehead atoms. The van der Waals surface area contributed by atoms with Crippen LogP contribution in [0.4, 0.5) is 11.4 Å². The maximum Gasteiger partial charge on any atom is 0.281 e. The number of benzene rings is 1. The van der Waals surface area contributed by atoms with Crippen molar-refractivity contribution in [2.45, 2.75) is 17.4 Å². The number of anilines is 2. The van der Waals surface area contributed by atoms with E-state index in [-0.39, 0.29) is 10.2 Å². The van der Waals surface area contributed by atoms with E-state index < -0.39 is 10.0 Å². The quantitative estimate of drug-likeness (QED) is 0.633. The second kappa shape index (κ2) is 6.97. The van der Waals surface area contributed by atoms with Gasteiger partial charge in [0.1, 0.15) is 0 Å². The molecule has 1 unspecified atom stereocenters. The molecule has 0 aliphatic carbocycles. The molecule has 0 spiro atoms. The summed E-state index contributed by atoms with van der Waals surface area (Å²) in [5.74, 6) is 0.356. The molecule has 0 radical (unpaired) electrons. The molecular formula is C17H20ClN5O2S2. The highest BCUT2D eigenvalue weighted by molar-refractivity contribution is 7.92. The van der Waals surface area contributed by atoms with Gasteiger partial charge in [-0.1, -0.05) is 11.6 Å². The predicted octanol–water partition coefficient (Wildman–Crippen LogP) is 3.31. The summed E-state index contributed by atoms with van der Waals surface area (Å²) in [5, 5.41) is 5.10. The number of fused-ring (bicyclic) bond motifs is 2. The molecular weight excluding hydrogens is 406 g/mol. The van der Waals surface area contributed by atoms with E-state index in [1.165, 1.54) is 15.7 Å². The Morgan fingerprint density at radius 1 is 1.44 bits per heavy atom. The van der Waals surface area contributed by atoms with E-state index >= 15 is 0 Å². The highest BCUT2D eigenvalue weighted by Crippen LogP contribution is 2.36. The molecule has 7 nitrogen and oxygen atoms in total. The Bertz CT molecular complexity index is 1090. The smallest absolute Gasteiger partial charge is 0.281 e. The number of halogens is 1. The molecule has 3 heterocycles. The number of thiazole rings is 1. The van der Waals surface area contributed by atoms with E-state index in [2.05, 4.69) is 19.9 Å². The van der Waals surface area contributed by atoms with Crippen molar-refractivity contribution in [3.63, 3.8) is 0 Å². The van der Waals surface area contributed by atoms with Gasteiger partial charge < -0.3 is 10.2 Å². The van der Waals surface area contributed by atoms with E-state index in [4.69, 9.17) is 11.6 Å². The molecule has 0 fully saturated rings. The van der Waals surface area contributed by atoms with Crippen molar-refractivity contribution in [3.05, 3.63) is 40.5 Å². The Kier molecular flexibility index (Phi) is 4.79.